The van der Waals surface area contributed by atoms with E-state index in [9.17, 15) is 22.4 Å². The van der Waals surface area contributed by atoms with Crippen molar-refractivity contribution in [3.63, 3.8) is 0 Å². The highest BCUT2D eigenvalue weighted by atomic mass is 32.1. The second kappa shape index (κ2) is 5.60. The molecule has 1 amide bonds. The van der Waals surface area contributed by atoms with Gasteiger partial charge >= 0.3 is 0 Å². The average Bonchev–Trinajstić information content (AvgIpc) is 2.30. The van der Waals surface area contributed by atoms with Gasteiger partial charge in [-0.1, -0.05) is 13.8 Å². The van der Waals surface area contributed by atoms with Gasteiger partial charge in [0.15, 0.2) is 23.3 Å². The van der Waals surface area contributed by atoms with Crippen molar-refractivity contribution in [2.75, 3.05) is 5.32 Å². The summed E-state index contributed by atoms with van der Waals surface area (Å²) in [6, 6.07) is 0.0704. The van der Waals surface area contributed by atoms with Crippen molar-refractivity contribution in [2.24, 2.45) is 5.92 Å². The largest absolute Gasteiger partial charge is 0.320 e. The minimum absolute atomic E-state index is 0.0704. The molecule has 1 atom stereocenters. The molecule has 18 heavy (non-hydrogen) atoms. The van der Waals surface area contributed by atoms with Gasteiger partial charge in [0.25, 0.3) is 0 Å². The van der Waals surface area contributed by atoms with Crippen LogP contribution in [0.4, 0.5) is 23.2 Å². The molecular weight excluding hydrogens is 270 g/mol. The fourth-order valence-electron chi connectivity index (χ4n) is 1.18. The quantitative estimate of drug-likeness (QED) is 0.497. The van der Waals surface area contributed by atoms with Crippen LogP contribution in [0.2, 0.25) is 0 Å². The number of hydrogen-bond acceptors (Lipinski definition) is 2. The standard InChI is InChI=1S/C11H11F4NOS/c1-4(2)10(18)11(17)16-9-7(14)5(12)3-6(13)8(9)15/h3-4,10,18H,1-2H3,(H,16,17). The summed E-state index contributed by atoms with van der Waals surface area (Å²) < 4.78 is 52.2. The van der Waals surface area contributed by atoms with Gasteiger partial charge in [-0.15, -0.1) is 0 Å². The van der Waals surface area contributed by atoms with Crippen LogP contribution in [0.15, 0.2) is 6.07 Å². The summed E-state index contributed by atoms with van der Waals surface area (Å²) in [4.78, 5) is 11.5. The number of hydrogen-bond donors (Lipinski definition) is 2. The van der Waals surface area contributed by atoms with E-state index in [4.69, 9.17) is 0 Å². The normalized spacial score (nSPS) is 12.7. The first kappa shape index (κ1) is 14.8. The minimum Gasteiger partial charge on any atom is -0.320 e. The average molecular weight is 281 g/mol. The molecule has 100 valence electrons. The van der Waals surface area contributed by atoms with Crippen LogP contribution in [0.3, 0.4) is 0 Å². The fraction of sp³-hybridized carbons (Fsp3) is 0.364. The molecule has 0 aromatic heterocycles. The van der Waals surface area contributed by atoms with Crippen molar-refractivity contribution in [3.8, 4) is 0 Å². The second-order valence-corrected chi connectivity index (χ2v) is 4.58. The molecule has 0 saturated carbocycles. The predicted molar refractivity (Wildman–Crippen MR) is 62.5 cm³/mol. The van der Waals surface area contributed by atoms with E-state index >= 15 is 0 Å². The molecule has 1 aromatic rings. The monoisotopic (exact) mass is 281 g/mol. The van der Waals surface area contributed by atoms with Gasteiger partial charge in [0, 0.05) is 6.07 Å². The summed E-state index contributed by atoms with van der Waals surface area (Å²) in [6.07, 6.45) is 0. The number of halogens is 4. The SMILES string of the molecule is CC(C)C(S)C(=O)Nc1c(F)c(F)cc(F)c1F. The maximum atomic E-state index is 13.2. The summed E-state index contributed by atoms with van der Waals surface area (Å²) in [7, 11) is 0. The summed E-state index contributed by atoms with van der Waals surface area (Å²) in [5.74, 6) is -7.50. The second-order valence-electron chi connectivity index (χ2n) is 4.02. The number of anilines is 1. The van der Waals surface area contributed by atoms with E-state index in [-0.39, 0.29) is 12.0 Å². The van der Waals surface area contributed by atoms with Gasteiger partial charge in [-0.3, -0.25) is 4.79 Å². The van der Waals surface area contributed by atoms with Crippen molar-refractivity contribution in [1.29, 1.82) is 0 Å². The highest BCUT2D eigenvalue weighted by Gasteiger charge is 2.24. The molecule has 0 aliphatic heterocycles. The Balaban J connectivity index is 3.08. The molecular formula is C11H11F4NOS. The van der Waals surface area contributed by atoms with E-state index in [1.54, 1.807) is 19.2 Å². The Morgan fingerprint density at radius 2 is 1.61 bits per heavy atom. The number of carbonyl (C=O) groups excluding carboxylic acids is 1. The molecule has 0 radical (unpaired) electrons. The van der Waals surface area contributed by atoms with E-state index in [0.29, 0.717) is 0 Å². The zero-order valence-corrected chi connectivity index (χ0v) is 10.5. The molecule has 0 aliphatic rings. The summed E-state index contributed by atoms with van der Waals surface area (Å²) in [5, 5.41) is 0.944. The van der Waals surface area contributed by atoms with E-state index < -0.39 is 40.1 Å². The van der Waals surface area contributed by atoms with Crippen molar-refractivity contribution >= 4 is 24.2 Å². The Morgan fingerprint density at radius 1 is 1.17 bits per heavy atom. The van der Waals surface area contributed by atoms with Gasteiger partial charge in [0.05, 0.1) is 5.25 Å². The Hall–Kier alpha value is -1.24. The third kappa shape index (κ3) is 2.95. The molecule has 1 aromatic carbocycles. The first-order valence-electron chi connectivity index (χ1n) is 5.07. The van der Waals surface area contributed by atoms with E-state index in [2.05, 4.69) is 12.6 Å². The number of benzene rings is 1. The first-order chi connectivity index (χ1) is 8.25. The van der Waals surface area contributed by atoms with Crippen LogP contribution in [-0.2, 0) is 4.79 Å². The summed E-state index contributed by atoms with van der Waals surface area (Å²) in [6.45, 7) is 3.33. The molecule has 2 nitrogen and oxygen atoms in total. The lowest BCUT2D eigenvalue weighted by Crippen LogP contribution is -2.28. The molecule has 0 aliphatic carbocycles. The van der Waals surface area contributed by atoms with Crippen LogP contribution in [0.5, 0.6) is 0 Å². The van der Waals surface area contributed by atoms with Crippen LogP contribution >= 0.6 is 12.6 Å². The van der Waals surface area contributed by atoms with Crippen LogP contribution in [-0.4, -0.2) is 11.2 Å². The van der Waals surface area contributed by atoms with E-state index in [1.807, 2.05) is 0 Å². The fourth-order valence-corrected chi connectivity index (χ4v) is 1.25. The topological polar surface area (TPSA) is 29.1 Å². The molecule has 1 rings (SSSR count). The van der Waals surface area contributed by atoms with Crippen molar-refractivity contribution in [3.05, 3.63) is 29.3 Å². The van der Waals surface area contributed by atoms with Crippen molar-refractivity contribution in [1.82, 2.24) is 0 Å². The number of thiol groups is 1. The van der Waals surface area contributed by atoms with Crippen LogP contribution < -0.4 is 5.32 Å². The predicted octanol–water partition coefficient (Wildman–Crippen LogP) is 3.14. The molecule has 1 unspecified atom stereocenters. The van der Waals surface area contributed by atoms with Crippen LogP contribution in [0.1, 0.15) is 13.8 Å². The Labute approximate surface area is 107 Å². The number of amides is 1. The van der Waals surface area contributed by atoms with Gasteiger partial charge < -0.3 is 5.32 Å². The van der Waals surface area contributed by atoms with E-state index in [1.165, 1.54) is 0 Å². The van der Waals surface area contributed by atoms with Gasteiger partial charge in [0.1, 0.15) is 5.69 Å². The third-order valence-corrected chi connectivity index (χ3v) is 3.09. The maximum Gasteiger partial charge on any atom is 0.237 e. The molecule has 0 saturated heterocycles. The number of nitrogens with one attached hydrogen (secondary N) is 1. The van der Waals surface area contributed by atoms with Crippen LogP contribution in [0.25, 0.3) is 0 Å². The molecule has 0 spiro atoms. The van der Waals surface area contributed by atoms with Crippen molar-refractivity contribution in [2.45, 2.75) is 19.1 Å². The van der Waals surface area contributed by atoms with E-state index in [0.717, 1.165) is 0 Å². The molecule has 1 N–H and O–H groups in total. The molecule has 0 heterocycles. The highest BCUT2D eigenvalue weighted by Crippen LogP contribution is 2.25. The summed E-state index contributed by atoms with van der Waals surface area (Å²) in [5.41, 5.74) is -1.14. The lowest BCUT2D eigenvalue weighted by molar-refractivity contribution is -0.116. The maximum absolute atomic E-state index is 13.2. The van der Waals surface area contributed by atoms with Gasteiger partial charge in [0.2, 0.25) is 5.91 Å². The van der Waals surface area contributed by atoms with Crippen LogP contribution in [0, 0.1) is 29.2 Å². The van der Waals surface area contributed by atoms with Gasteiger partial charge in [-0.2, -0.15) is 12.6 Å². The Morgan fingerprint density at radius 3 is 2.00 bits per heavy atom. The summed E-state index contributed by atoms with van der Waals surface area (Å²) >= 11 is 3.93. The molecule has 0 fully saturated rings. The van der Waals surface area contributed by atoms with Gasteiger partial charge in [-0.05, 0) is 5.92 Å². The Bertz CT molecular complexity index is 452. The molecule has 0 bridgehead atoms. The van der Waals surface area contributed by atoms with Crippen molar-refractivity contribution < 1.29 is 22.4 Å². The lowest BCUT2D eigenvalue weighted by atomic mass is 10.1. The molecule has 7 heteroatoms. The zero-order chi connectivity index (χ0) is 14.0. The third-order valence-electron chi connectivity index (χ3n) is 2.26. The zero-order valence-electron chi connectivity index (χ0n) is 9.60. The highest BCUT2D eigenvalue weighted by molar-refractivity contribution is 7.81. The smallest absolute Gasteiger partial charge is 0.237 e. The number of rotatable bonds is 3. The first-order valence-corrected chi connectivity index (χ1v) is 5.59. The minimum atomic E-state index is -1.65. The Kier molecular flexibility index (Phi) is 4.61. The lowest BCUT2D eigenvalue weighted by Gasteiger charge is -2.15. The number of carbonyl (C=O) groups is 1. The van der Waals surface area contributed by atoms with Gasteiger partial charge in [-0.25, -0.2) is 17.6 Å².